The molecule has 3 heterocycles. The summed E-state index contributed by atoms with van der Waals surface area (Å²) in [5.74, 6) is 0.0273. The molecule has 3 amide bonds. The van der Waals surface area contributed by atoms with Gasteiger partial charge < -0.3 is 15.1 Å². The third-order valence-electron chi connectivity index (χ3n) is 5.41. The number of likely N-dealkylation sites (tertiary alicyclic amines) is 2. The van der Waals surface area contributed by atoms with Crippen LogP contribution in [-0.4, -0.2) is 57.6 Å². The van der Waals surface area contributed by atoms with E-state index in [1.165, 1.54) is 6.42 Å². The zero-order valence-electron chi connectivity index (χ0n) is 15.5. The summed E-state index contributed by atoms with van der Waals surface area (Å²) in [7, 11) is 0. The second-order valence-corrected chi connectivity index (χ2v) is 7.26. The first-order chi connectivity index (χ1) is 12.0. The zero-order valence-corrected chi connectivity index (χ0v) is 15.5. The highest BCUT2D eigenvalue weighted by Gasteiger charge is 2.34. The number of rotatable bonds is 3. The molecule has 2 atom stereocenters. The molecule has 0 aliphatic carbocycles. The van der Waals surface area contributed by atoms with Gasteiger partial charge in [0, 0.05) is 30.9 Å². The van der Waals surface area contributed by atoms with Crippen molar-refractivity contribution >= 4 is 11.9 Å². The number of amides is 3. The Kier molecular flexibility index (Phi) is 5.30. The van der Waals surface area contributed by atoms with E-state index in [0.29, 0.717) is 6.54 Å². The highest BCUT2D eigenvalue weighted by atomic mass is 16.2. The van der Waals surface area contributed by atoms with Crippen molar-refractivity contribution in [2.75, 3.05) is 19.6 Å². The predicted molar refractivity (Wildman–Crippen MR) is 95.2 cm³/mol. The van der Waals surface area contributed by atoms with Crippen molar-refractivity contribution in [1.82, 2.24) is 25.3 Å². The molecule has 0 aromatic carbocycles. The highest BCUT2D eigenvalue weighted by molar-refractivity contribution is 5.87. The van der Waals surface area contributed by atoms with Crippen LogP contribution in [0.15, 0.2) is 0 Å². The van der Waals surface area contributed by atoms with Gasteiger partial charge in [-0.25, -0.2) is 4.79 Å². The van der Waals surface area contributed by atoms with E-state index in [-0.39, 0.29) is 18.0 Å². The normalized spacial score (nSPS) is 22.1. The molecule has 0 saturated carbocycles. The van der Waals surface area contributed by atoms with Crippen LogP contribution in [0.3, 0.4) is 0 Å². The van der Waals surface area contributed by atoms with Crippen LogP contribution in [0, 0.1) is 13.8 Å². The standard InChI is InChI=1S/C18H29N5O2/c1-12-16(13(2)21-20-12)15-8-7-11-23(15)18(25)19-14(3)17(24)22-9-5-4-6-10-22/h14-15H,4-11H2,1-3H3,(H,19,25)(H,20,21)/t14-,15+/m0/s1. The zero-order chi connectivity index (χ0) is 18.0. The minimum absolute atomic E-state index is 0.0273. The lowest BCUT2D eigenvalue weighted by Crippen LogP contribution is -2.51. The summed E-state index contributed by atoms with van der Waals surface area (Å²) in [4.78, 5) is 29.1. The van der Waals surface area contributed by atoms with Gasteiger partial charge in [0.15, 0.2) is 0 Å². The monoisotopic (exact) mass is 347 g/mol. The number of nitrogens with one attached hydrogen (secondary N) is 2. The van der Waals surface area contributed by atoms with Crippen molar-refractivity contribution in [2.45, 2.75) is 65.0 Å². The molecule has 1 aromatic rings. The van der Waals surface area contributed by atoms with Gasteiger partial charge in [0.1, 0.15) is 6.04 Å². The molecule has 2 aliphatic rings. The average molecular weight is 347 g/mol. The molecule has 2 N–H and O–H groups in total. The van der Waals surface area contributed by atoms with Gasteiger partial charge in [-0.3, -0.25) is 9.89 Å². The molecular weight excluding hydrogens is 318 g/mol. The Morgan fingerprint density at radius 3 is 2.52 bits per heavy atom. The maximum Gasteiger partial charge on any atom is 0.318 e. The fourth-order valence-electron chi connectivity index (χ4n) is 4.08. The molecule has 0 radical (unpaired) electrons. The van der Waals surface area contributed by atoms with E-state index in [2.05, 4.69) is 15.5 Å². The molecule has 0 bridgehead atoms. The number of aromatic nitrogens is 2. The number of carbonyl (C=O) groups excluding carboxylic acids is 2. The summed E-state index contributed by atoms with van der Waals surface area (Å²) < 4.78 is 0. The molecular formula is C18H29N5O2. The van der Waals surface area contributed by atoms with Gasteiger partial charge >= 0.3 is 6.03 Å². The SMILES string of the molecule is Cc1n[nH]c(C)c1[C@H]1CCCN1C(=O)N[C@@H](C)C(=O)N1CCCCC1. The fraction of sp³-hybridized carbons (Fsp3) is 0.722. The minimum atomic E-state index is -0.488. The van der Waals surface area contributed by atoms with E-state index in [1.54, 1.807) is 6.92 Å². The number of hydrogen-bond donors (Lipinski definition) is 2. The van der Waals surface area contributed by atoms with Gasteiger partial charge in [-0.2, -0.15) is 5.10 Å². The van der Waals surface area contributed by atoms with E-state index in [1.807, 2.05) is 23.6 Å². The molecule has 0 spiro atoms. The molecule has 2 aliphatic heterocycles. The Balaban J connectivity index is 1.64. The van der Waals surface area contributed by atoms with Crippen LogP contribution in [-0.2, 0) is 4.79 Å². The molecule has 3 rings (SSSR count). The van der Waals surface area contributed by atoms with Crippen LogP contribution in [0.5, 0.6) is 0 Å². The first kappa shape index (κ1) is 17.8. The first-order valence-corrected chi connectivity index (χ1v) is 9.36. The molecule has 25 heavy (non-hydrogen) atoms. The number of hydrogen-bond acceptors (Lipinski definition) is 3. The van der Waals surface area contributed by atoms with Crippen molar-refractivity contribution in [3.8, 4) is 0 Å². The van der Waals surface area contributed by atoms with E-state index >= 15 is 0 Å². The number of piperidine rings is 1. The van der Waals surface area contributed by atoms with Gasteiger partial charge in [-0.05, 0) is 52.9 Å². The third-order valence-corrected chi connectivity index (χ3v) is 5.41. The van der Waals surface area contributed by atoms with Gasteiger partial charge in [0.05, 0.1) is 11.7 Å². The number of urea groups is 1. The Morgan fingerprint density at radius 2 is 1.88 bits per heavy atom. The molecule has 7 nitrogen and oxygen atoms in total. The third kappa shape index (κ3) is 3.65. The second-order valence-electron chi connectivity index (χ2n) is 7.26. The Morgan fingerprint density at radius 1 is 1.16 bits per heavy atom. The lowest BCUT2D eigenvalue weighted by Gasteiger charge is -2.31. The van der Waals surface area contributed by atoms with Crippen LogP contribution < -0.4 is 5.32 Å². The maximum atomic E-state index is 12.8. The Hall–Kier alpha value is -2.05. The molecule has 138 valence electrons. The summed E-state index contributed by atoms with van der Waals surface area (Å²) in [6, 6.07) is -0.602. The number of aryl methyl sites for hydroxylation is 2. The average Bonchev–Trinajstić information content (AvgIpc) is 3.21. The van der Waals surface area contributed by atoms with Crippen molar-refractivity contribution < 1.29 is 9.59 Å². The van der Waals surface area contributed by atoms with E-state index in [9.17, 15) is 9.59 Å². The van der Waals surface area contributed by atoms with Gasteiger partial charge in [0.25, 0.3) is 0 Å². The van der Waals surface area contributed by atoms with E-state index in [4.69, 9.17) is 0 Å². The quantitative estimate of drug-likeness (QED) is 0.880. The Bertz CT molecular complexity index is 616. The summed E-state index contributed by atoms with van der Waals surface area (Å²) >= 11 is 0. The molecule has 7 heteroatoms. The fourth-order valence-corrected chi connectivity index (χ4v) is 4.08. The highest BCUT2D eigenvalue weighted by Crippen LogP contribution is 2.34. The molecule has 1 aromatic heterocycles. The van der Waals surface area contributed by atoms with Crippen LogP contribution >= 0.6 is 0 Å². The Labute approximate surface area is 149 Å². The van der Waals surface area contributed by atoms with E-state index in [0.717, 1.165) is 55.7 Å². The van der Waals surface area contributed by atoms with Crippen molar-refractivity contribution in [3.05, 3.63) is 17.0 Å². The summed E-state index contributed by atoms with van der Waals surface area (Å²) in [6.45, 7) is 8.07. The van der Waals surface area contributed by atoms with Crippen LogP contribution in [0.2, 0.25) is 0 Å². The topological polar surface area (TPSA) is 81.3 Å². The lowest BCUT2D eigenvalue weighted by molar-refractivity contribution is -0.133. The summed E-state index contributed by atoms with van der Waals surface area (Å²) in [6.07, 6.45) is 5.20. The smallest absolute Gasteiger partial charge is 0.318 e. The van der Waals surface area contributed by atoms with Crippen LogP contribution in [0.4, 0.5) is 4.79 Å². The first-order valence-electron chi connectivity index (χ1n) is 9.36. The van der Waals surface area contributed by atoms with Crippen molar-refractivity contribution in [3.63, 3.8) is 0 Å². The van der Waals surface area contributed by atoms with Crippen LogP contribution in [0.1, 0.15) is 62.0 Å². The van der Waals surface area contributed by atoms with Gasteiger partial charge in [0.2, 0.25) is 5.91 Å². The summed E-state index contributed by atoms with van der Waals surface area (Å²) in [5.41, 5.74) is 3.07. The van der Waals surface area contributed by atoms with Crippen molar-refractivity contribution in [2.24, 2.45) is 0 Å². The van der Waals surface area contributed by atoms with Crippen LogP contribution in [0.25, 0.3) is 0 Å². The minimum Gasteiger partial charge on any atom is -0.341 e. The number of nitrogens with zero attached hydrogens (tertiary/aromatic N) is 3. The molecule has 2 saturated heterocycles. The largest absolute Gasteiger partial charge is 0.341 e. The summed E-state index contributed by atoms with van der Waals surface area (Å²) in [5, 5.41) is 10.2. The van der Waals surface area contributed by atoms with Crippen molar-refractivity contribution in [1.29, 1.82) is 0 Å². The number of carbonyl (C=O) groups is 2. The molecule has 2 fully saturated rings. The van der Waals surface area contributed by atoms with Gasteiger partial charge in [-0.1, -0.05) is 0 Å². The van der Waals surface area contributed by atoms with E-state index < -0.39 is 6.04 Å². The number of aromatic amines is 1. The second kappa shape index (κ2) is 7.45. The lowest BCUT2D eigenvalue weighted by atomic mass is 10.0. The number of H-pyrrole nitrogens is 1. The maximum absolute atomic E-state index is 12.8. The predicted octanol–water partition coefficient (Wildman–Crippen LogP) is 2.27. The van der Waals surface area contributed by atoms with Gasteiger partial charge in [-0.15, -0.1) is 0 Å². The molecule has 0 unspecified atom stereocenters.